The SMILES string of the molecule is CC=CC.O[B]O. The van der Waals surface area contributed by atoms with Gasteiger partial charge in [-0.2, -0.15) is 0 Å². The number of hydrogen-bond donors (Lipinski definition) is 2. The Labute approximate surface area is 44.8 Å². The van der Waals surface area contributed by atoms with Crippen molar-refractivity contribution in [2.24, 2.45) is 0 Å². The van der Waals surface area contributed by atoms with Gasteiger partial charge in [0.2, 0.25) is 0 Å². The maximum Gasteiger partial charge on any atom is 0.482 e. The average molecular weight is 101 g/mol. The van der Waals surface area contributed by atoms with Gasteiger partial charge in [0.05, 0.1) is 0 Å². The van der Waals surface area contributed by atoms with Crippen LogP contribution in [-0.2, 0) is 0 Å². The van der Waals surface area contributed by atoms with Crippen LogP contribution in [-0.4, -0.2) is 17.7 Å². The van der Waals surface area contributed by atoms with Crippen molar-refractivity contribution in [3.8, 4) is 0 Å². The Balaban J connectivity index is 0. The topological polar surface area (TPSA) is 40.5 Å². The monoisotopic (exact) mass is 101 g/mol. The molecule has 0 aromatic carbocycles. The van der Waals surface area contributed by atoms with E-state index >= 15 is 0 Å². The van der Waals surface area contributed by atoms with Crippen LogP contribution < -0.4 is 0 Å². The van der Waals surface area contributed by atoms with Crippen LogP contribution in [0.3, 0.4) is 0 Å². The van der Waals surface area contributed by atoms with Crippen LogP contribution in [0.2, 0.25) is 0 Å². The molecule has 0 spiro atoms. The molecule has 0 aliphatic rings. The Hall–Kier alpha value is -0.275. The van der Waals surface area contributed by atoms with E-state index in [1.807, 2.05) is 26.0 Å². The molecule has 1 radical (unpaired) electrons. The molecule has 0 aromatic rings. The summed E-state index contributed by atoms with van der Waals surface area (Å²) in [6, 6.07) is 0. The second-order valence-corrected chi connectivity index (χ2v) is 0.782. The summed E-state index contributed by atoms with van der Waals surface area (Å²) >= 11 is 0. The van der Waals surface area contributed by atoms with E-state index in [1.54, 1.807) is 0 Å². The third kappa shape index (κ3) is 151. The normalized spacial score (nSPS) is 7.43. The van der Waals surface area contributed by atoms with Gasteiger partial charge in [0.25, 0.3) is 0 Å². The molecule has 0 heterocycles. The van der Waals surface area contributed by atoms with Gasteiger partial charge in [-0.3, -0.25) is 0 Å². The van der Waals surface area contributed by atoms with E-state index in [4.69, 9.17) is 10.0 Å². The van der Waals surface area contributed by atoms with Crippen molar-refractivity contribution < 1.29 is 10.0 Å². The molecule has 3 heteroatoms. The van der Waals surface area contributed by atoms with Gasteiger partial charge in [-0.05, 0) is 13.8 Å². The van der Waals surface area contributed by atoms with E-state index in [2.05, 4.69) is 0 Å². The van der Waals surface area contributed by atoms with Gasteiger partial charge in [0, 0.05) is 0 Å². The molecule has 7 heavy (non-hydrogen) atoms. The first kappa shape index (κ1) is 9.87. The zero-order valence-corrected chi connectivity index (χ0v) is 4.63. The molecular formula is C4H10BO2. The highest BCUT2D eigenvalue weighted by molar-refractivity contribution is 6.13. The lowest BCUT2D eigenvalue weighted by molar-refractivity contribution is 0.448. The first-order valence-electron chi connectivity index (χ1n) is 2.00. The van der Waals surface area contributed by atoms with Crippen LogP contribution in [0, 0.1) is 0 Å². The minimum absolute atomic E-state index is 0. The predicted molar refractivity (Wildman–Crippen MR) is 30.7 cm³/mol. The second-order valence-electron chi connectivity index (χ2n) is 0.782. The molecule has 0 rings (SSSR count). The molecule has 2 nitrogen and oxygen atoms in total. The van der Waals surface area contributed by atoms with Crippen LogP contribution in [0.15, 0.2) is 12.2 Å². The Morgan fingerprint density at radius 3 is 1.29 bits per heavy atom. The maximum absolute atomic E-state index is 7.00. The largest absolute Gasteiger partial charge is 0.482 e. The summed E-state index contributed by atoms with van der Waals surface area (Å²) in [5, 5.41) is 14.0. The Morgan fingerprint density at radius 1 is 1.14 bits per heavy atom. The smallest absolute Gasteiger partial charge is 0.429 e. The van der Waals surface area contributed by atoms with E-state index in [0.717, 1.165) is 0 Å². The van der Waals surface area contributed by atoms with Gasteiger partial charge in [-0.25, -0.2) is 0 Å². The third-order valence-corrected chi connectivity index (χ3v) is 0.333. The summed E-state index contributed by atoms with van der Waals surface area (Å²) in [5.74, 6) is 0. The fraction of sp³-hybridized carbons (Fsp3) is 0.500. The zero-order chi connectivity index (χ0) is 6.12. The Bertz CT molecular complexity index is 32.7. The van der Waals surface area contributed by atoms with Crippen LogP contribution in [0.1, 0.15) is 13.8 Å². The molecule has 0 aliphatic carbocycles. The van der Waals surface area contributed by atoms with Crippen LogP contribution in [0.4, 0.5) is 0 Å². The van der Waals surface area contributed by atoms with Gasteiger partial charge in [-0.1, -0.05) is 12.2 Å². The van der Waals surface area contributed by atoms with Gasteiger partial charge < -0.3 is 10.0 Å². The highest BCUT2D eigenvalue weighted by Gasteiger charge is 1.51. The molecule has 41 valence electrons. The van der Waals surface area contributed by atoms with Crippen molar-refractivity contribution in [3.63, 3.8) is 0 Å². The minimum Gasteiger partial charge on any atom is -0.429 e. The highest BCUT2D eigenvalue weighted by atomic mass is 16.4. The van der Waals surface area contributed by atoms with E-state index in [0.29, 0.717) is 0 Å². The summed E-state index contributed by atoms with van der Waals surface area (Å²) in [5.41, 5.74) is 0. The first-order chi connectivity index (χ1) is 3.33. The number of hydrogen-bond acceptors (Lipinski definition) is 2. The second kappa shape index (κ2) is 17.2. The Kier molecular flexibility index (Phi) is 24.3. The summed E-state index contributed by atoms with van der Waals surface area (Å²) < 4.78 is 0. The average Bonchev–Trinajstić information content (AvgIpc) is 1.69. The van der Waals surface area contributed by atoms with E-state index in [9.17, 15) is 0 Å². The highest BCUT2D eigenvalue weighted by Crippen LogP contribution is 1.57. The summed E-state index contributed by atoms with van der Waals surface area (Å²) in [4.78, 5) is 0. The fourth-order valence-electron chi connectivity index (χ4n) is 0. The zero-order valence-electron chi connectivity index (χ0n) is 4.63. The molecule has 0 fully saturated rings. The minimum atomic E-state index is 0. The van der Waals surface area contributed by atoms with Gasteiger partial charge in [0.15, 0.2) is 0 Å². The molecule has 0 saturated carbocycles. The van der Waals surface area contributed by atoms with E-state index < -0.39 is 0 Å². The Morgan fingerprint density at radius 2 is 1.29 bits per heavy atom. The third-order valence-electron chi connectivity index (χ3n) is 0.333. The van der Waals surface area contributed by atoms with Crippen LogP contribution in [0.25, 0.3) is 0 Å². The summed E-state index contributed by atoms with van der Waals surface area (Å²) in [6.45, 7) is 4.00. The molecule has 0 atom stereocenters. The lowest BCUT2D eigenvalue weighted by Crippen LogP contribution is -1.75. The van der Waals surface area contributed by atoms with E-state index in [-0.39, 0.29) is 7.69 Å². The van der Waals surface area contributed by atoms with Crippen molar-refractivity contribution in [1.29, 1.82) is 0 Å². The van der Waals surface area contributed by atoms with Crippen LogP contribution in [0.5, 0.6) is 0 Å². The first-order valence-corrected chi connectivity index (χ1v) is 2.00. The number of allylic oxidation sites excluding steroid dienone is 2. The summed E-state index contributed by atoms with van der Waals surface area (Å²) in [6.07, 6.45) is 4.00. The molecule has 0 aromatic heterocycles. The van der Waals surface area contributed by atoms with Gasteiger partial charge in [-0.15, -0.1) is 0 Å². The number of rotatable bonds is 0. The van der Waals surface area contributed by atoms with Gasteiger partial charge in [0.1, 0.15) is 0 Å². The summed E-state index contributed by atoms with van der Waals surface area (Å²) in [7, 11) is 0. The molecule has 0 unspecified atom stereocenters. The van der Waals surface area contributed by atoms with E-state index in [1.165, 1.54) is 0 Å². The standard InChI is InChI=1S/C4H8.BH2O2/c1-3-4-2;2-1-3/h3-4H,1-2H3;2-3H. The van der Waals surface area contributed by atoms with Crippen molar-refractivity contribution in [2.75, 3.05) is 0 Å². The quantitative estimate of drug-likeness (QED) is 0.335. The lowest BCUT2D eigenvalue weighted by atomic mass is 10.5. The van der Waals surface area contributed by atoms with Gasteiger partial charge >= 0.3 is 7.69 Å². The lowest BCUT2D eigenvalue weighted by Gasteiger charge is -1.49. The van der Waals surface area contributed by atoms with Crippen LogP contribution >= 0.6 is 0 Å². The van der Waals surface area contributed by atoms with Crippen molar-refractivity contribution in [1.82, 2.24) is 0 Å². The fourth-order valence-corrected chi connectivity index (χ4v) is 0. The molecule has 0 aliphatic heterocycles. The van der Waals surface area contributed by atoms with Crippen molar-refractivity contribution >= 4 is 7.69 Å². The van der Waals surface area contributed by atoms with Crippen molar-refractivity contribution in [3.05, 3.63) is 12.2 Å². The molecule has 0 bridgehead atoms. The molecular weight excluding hydrogens is 90.9 g/mol. The molecule has 2 N–H and O–H groups in total. The van der Waals surface area contributed by atoms with Crippen molar-refractivity contribution in [2.45, 2.75) is 13.8 Å². The predicted octanol–water partition coefficient (Wildman–Crippen LogP) is 0.0876. The maximum atomic E-state index is 7.00. The molecule has 0 amide bonds. The molecule has 0 saturated heterocycles.